The van der Waals surface area contributed by atoms with Gasteiger partial charge >= 0.3 is 0 Å². The first-order valence-corrected chi connectivity index (χ1v) is 7.93. The van der Waals surface area contributed by atoms with Gasteiger partial charge in [-0.05, 0) is 52.9 Å². The summed E-state index contributed by atoms with van der Waals surface area (Å²) >= 11 is 8.02. The van der Waals surface area contributed by atoms with Crippen molar-refractivity contribution in [2.45, 2.75) is 13.0 Å². The number of aromatic nitrogens is 1. The summed E-state index contributed by atoms with van der Waals surface area (Å²) in [6, 6.07) is 7.92. The van der Waals surface area contributed by atoms with E-state index in [1.165, 1.54) is 6.07 Å². The van der Waals surface area contributed by atoms with Crippen molar-refractivity contribution in [2.24, 2.45) is 0 Å². The first-order chi connectivity index (χ1) is 10.9. The van der Waals surface area contributed by atoms with Crippen molar-refractivity contribution in [3.63, 3.8) is 0 Å². The van der Waals surface area contributed by atoms with Crippen LogP contribution in [0.3, 0.4) is 0 Å². The van der Waals surface area contributed by atoms with Crippen LogP contribution in [-0.2, 0) is 6.54 Å². The second kappa shape index (κ2) is 7.79. The highest BCUT2D eigenvalue weighted by Gasteiger charge is 2.15. The maximum atomic E-state index is 12.8. The van der Waals surface area contributed by atoms with Crippen LogP contribution in [0, 0.1) is 15.9 Å². The predicted molar refractivity (Wildman–Crippen MR) is 94.2 cm³/mol. The van der Waals surface area contributed by atoms with Crippen molar-refractivity contribution < 1.29 is 13.5 Å². The molecule has 0 unspecified atom stereocenters. The molecule has 0 amide bonds. The van der Waals surface area contributed by atoms with Gasteiger partial charge in [0.05, 0.1) is 20.8 Å². The Labute approximate surface area is 150 Å². The van der Waals surface area contributed by atoms with Gasteiger partial charge in [-0.15, -0.1) is 6.42 Å². The number of terminal acetylenes is 1. The van der Waals surface area contributed by atoms with Crippen molar-refractivity contribution in [3.8, 4) is 29.4 Å². The monoisotopic (exact) mass is 449 g/mol. The standard InChI is InChI=1S/C16H11ClF2INO2/c1-2-7-23-10-3-4-11(12(17)8-10)14-6-5-13(20)16(22)21(14)9-15(18)19/h1,3-6,8,15H,7,9H2. The fraction of sp³-hybridized carbons (Fsp3) is 0.188. The van der Waals surface area contributed by atoms with Crippen molar-refractivity contribution in [1.29, 1.82) is 0 Å². The Morgan fingerprint density at radius 2 is 2.09 bits per heavy atom. The molecule has 0 N–H and O–H groups in total. The van der Waals surface area contributed by atoms with Gasteiger partial charge in [0, 0.05) is 5.56 Å². The summed E-state index contributed by atoms with van der Waals surface area (Å²) in [5, 5.41) is 0.281. The molecule has 0 spiro atoms. The van der Waals surface area contributed by atoms with E-state index in [1.807, 2.05) is 22.6 Å². The number of rotatable bonds is 5. The van der Waals surface area contributed by atoms with Crippen LogP contribution < -0.4 is 10.3 Å². The van der Waals surface area contributed by atoms with Crippen LogP contribution in [0.15, 0.2) is 35.1 Å². The molecule has 0 saturated heterocycles. The van der Waals surface area contributed by atoms with E-state index in [9.17, 15) is 13.6 Å². The van der Waals surface area contributed by atoms with E-state index in [-0.39, 0.29) is 11.6 Å². The van der Waals surface area contributed by atoms with Gasteiger partial charge in [-0.1, -0.05) is 17.5 Å². The third-order valence-corrected chi connectivity index (χ3v) is 4.12. The molecule has 0 aliphatic rings. The van der Waals surface area contributed by atoms with Gasteiger partial charge < -0.3 is 9.30 Å². The summed E-state index contributed by atoms with van der Waals surface area (Å²) in [6.07, 6.45) is 2.46. The van der Waals surface area contributed by atoms with Crippen molar-refractivity contribution in [3.05, 3.63) is 49.3 Å². The highest BCUT2D eigenvalue weighted by atomic mass is 127. The van der Waals surface area contributed by atoms with Crippen LogP contribution in [0.1, 0.15) is 0 Å². The maximum absolute atomic E-state index is 12.8. The third kappa shape index (κ3) is 4.24. The van der Waals surface area contributed by atoms with E-state index < -0.39 is 18.5 Å². The average Bonchev–Trinajstić information content (AvgIpc) is 2.50. The lowest BCUT2D eigenvalue weighted by molar-refractivity contribution is 0.125. The minimum absolute atomic E-state index is 0.0926. The Morgan fingerprint density at radius 1 is 1.35 bits per heavy atom. The SMILES string of the molecule is C#CCOc1ccc(-c2ccc(I)c(=O)n2CC(F)F)c(Cl)c1. The zero-order chi connectivity index (χ0) is 17.0. The Balaban J connectivity index is 2.52. The number of ether oxygens (including phenoxy) is 1. The lowest BCUT2D eigenvalue weighted by Crippen LogP contribution is -2.26. The first-order valence-electron chi connectivity index (χ1n) is 6.47. The highest BCUT2D eigenvalue weighted by molar-refractivity contribution is 14.1. The molecule has 0 atom stereocenters. The number of nitrogens with zero attached hydrogens (tertiary/aromatic N) is 1. The second-order valence-electron chi connectivity index (χ2n) is 4.51. The molecular weight excluding hydrogens is 439 g/mol. The number of pyridine rings is 1. The lowest BCUT2D eigenvalue weighted by Gasteiger charge is -2.15. The maximum Gasteiger partial charge on any atom is 0.264 e. The predicted octanol–water partition coefficient (Wildman–Crippen LogP) is 4.05. The zero-order valence-corrected chi connectivity index (χ0v) is 14.6. The van der Waals surface area contributed by atoms with Crippen molar-refractivity contribution in [1.82, 2.24) is 4.57 Å². The molecule has 3 nitrogen and oxygen atoms in total. The molecule has 23 heavy (non-hydrogen) atoms. The summed E-state index contributed by atoms with van der Waals surface area (Å²) in [6.45, 7) is -0.605. The van der Waals surface area contributed by atoms with E-state index >= 15 is 0 Å². The normalized spacial score (nSPS) is 10.6. The first kappa shape index (κ1) is 17.8. The van der Waals surface area contributed by atoms with Crippen LogP contribution in [-0.4, -0.2) is 17.6 Å². The fourth-order valence-electron chi connectivity index (χ4n) is 2.02. The molecule has 0 bridgehead atoms. The van der Waals surface area contributed by atoms with Gasteiger partial charge in [-0.2, -0.15) is 0 Å². The number of halogens is 4. The van der Waals surface area contributed by atoms with Crippen LogP contribution in [0.4, 0.5) is 8.78 Å². The average molecular weight is 450 g/mol. The van der Waals surface area contributed by atoms with Crippen molar-refractivity contribution >= 4 is 34.2 Å². The minimum Gasteiger partial charge on any atom is -0.481 e. The molecule has 0 aliphatic heterocycles. The van der Waals surface area contributed by atoms with E-state index in [0.717, 1.165) is 4.57 Å². The highest BCUT2D eigenvalue weighted by Crippen LogP contribution is 2.31. The molecule has 2 rings (SSSR count). The summed E-state index contributed by atoms with van der Waals surface area (Å²) < 4.78 is 32.2. The van der Waals surface area contributed by atoms with Gasteiger partial charge in [-0.25, -0.2) is 8.78 Å². The number of benzene rings is 1. The molecule has 0 fully saturated rings. The minimum atomic E-state index is -2.65. The smallest absolute Gasteiger partial charge is 0.264 e. The summed E-state index contributed by atoms with van der Waals surface area (Å²) in [7, 11) is 0. The van der Waals surface area contributed by atoms with Gasteiger partial charge in [0.1, 0.15) is 12.4 Å². The Kier molecular flexibility index (Phi) is 6.02. The molecule has 0 radical (unpaired) electrons. The Bertz CT molecular complexity index is 815. The molecular formula is C16H11ClF2INO2. The van der Waals surface area contributed by atoms with E-state index in [4.69, 9.17) is 22.8 Å². The lowest BCUT2D eigenvalue weighted by atomic mass is 10.1. The quantitative estimate of drug-likeness (QED) is 0.509. The summed E-state index contributed by atoms with van der Waals surface area (Å²) in [4.78, 5) is 12.2. The molecule has 1 aromatic heterocycles. The summed E-state index contributed by atoms with van der Waals surface area (Å²) in [5.74, 6) is 2.79. The van der Waals surface area contributed by atoms with E-state index in [1.54, 1.807) is 24.3 Å². The number of hydrogen-bond acceptors (Lipinski definition) is 2. The topological polar surface area (TPSA) is 31.2 Å². The molecule has 0 saturated carbocycles. The van der Waals surface area contributed by atoms with Crippen LogP contribution in [0.25, 0.3) is 11.3 Å². The molecule has 0 aliphatic carbocycles. The van der Waals surface area contributed by atoms with Gasteiger partial charge in [-0.3, -0.25) is 4.79 Å². The number of hydrogen-bond donors (Lipinski definition) is 0. The van der Waals surface area contributed by atoms with Crippen molar-refractivity contribution in [2.75, 3.05) is 6.61 Å². The van der Waals surface area contributed by atoms with Crippen LogP contribution in [0.5, 0.6) is 5.75 Å². The fourth-order valence-corrected chi connectivity index (χ4v) is 2.76. The second-order valence-corrected chi connectivity index (χ2v) is 6.08. The number of alkyl halides is 2. The molecule has 1 heterocycles. The van der Waals surface area contributed by atoms with Gasteiger partial charge in [0.2, 0.25) is 0 Å². The third-order valence-electron chi connectivity index (χ3n) is 2.99. The molecule has 120 valence electrons. The van der Waals surface area contributed by atoms with Gasteiger partial charge in [0.25, 0.3) is 12.0 Å². The van der Waals surface area contributed by atoms with E-state index in [2.05, 4.69) is 5.92 Å². The zero-order valence-electron chi connectivity index (χ0n) is 11.7. The van der Waals surface area contributed by atoms with Gasteiger partial charge in [0.15, 0.2) is 0 Å². The summed E-state index contributed by atoms with van der Waals surface area (Å²) in [5.41, 5.74) is 0.310. The Morgan fingerprint density at radius 3 is 2.70 bits per heavy atom. The van der Waals surface area contributed by atoms with Crippen LogP contribution >= 0.6 is 34.2 Å². The molecule has 2 aromatic rings. The molecule has 7 heteroatoms. The van der Waals surface area contributed by atoms with E-state index in [0.29, 0.717) is 20.6 Å². The molecule has 1 aromatic carbocycles. The van der Waals surface area contributed by atoms with Crippen LogP contribution in [0.2, 0.25) is 5.02 Å². The Hall–Kier alpha value is -1.59. The largest absolute Gasteiger partial charge is 0.481 e.